The van der Waals surface area contributed by atoms with Gasteiger partial charge >= 0.3 is 19.6 Å². The van der Waals surface area contributed by atoms with Crippen LogP contribution in [0.25, 0.3) is 5.52 Å². The summed E-state index contributed by atoms with van der Waals surface area (Å²) in [4.78, 5) is 28.0. The van der Waals surface area contributed by atoms with Gasteiger partial charge in [0.2, 0.25) is 5.60 Å². The van der Waals surface area contributed by atoms with E-state index in [9.17, 15) is 34.7 Å². The standard InChI is InChI=1S/C24H36N7O9P/c1-5-15(6-2)9-38-23(36)14(4)30-41(37,29-13(3)22(34)35)39-11-24(10-25)20(33)18(32)19(40-24)16-7-8-17-21(26)27-12-28-31(16)17/h7-8,12-15,18-20,32-33H,5-6,9,11H2,1-4H3,(H,34,35)(H2,26,27,28)(H2,29,30,37)/t13-,14-,18-,19-,20-,24+,41?/m0/s1. The Balaban J connectivity index is 1.82. The lowest BCUT2D eigenvalue weighted by Gasteiger charge is -2.30. The number of anilines is 1. The molecule has 17 heteroatoms. The first-order valence-electron chi connectivity index (χ1n) is 13.0. The van der Waals surface area contributed by atoms with Crippen LogP contribution in [0, 0.1) is 17.2 Å². The number of ether oxygens (including phenoxy) is 2. The number of nitrogens with zero attached hydrogens (tertiary/aromatic N) is 4. The van der Waals surface area contributed by atoms with Crippen LogP contribution in [0.5, 0.6) is 0 Å². The molecule has 7 atom stereocenters. The molecule has 1 saturated heterocycles. The second kappa shape index (κ2) is 13.2. The number of hydrogen-bond donors (Lipinski definition) is 6. The number of hydrogen-bond acceptors (Lipinski definition) is 12. The number of aromatic nitrogens is 3. The number of aliphatic hydroxyl groups is 2. The molecule has 0 bridgehead atoms. The van der Waals surface area contributed by atoms with E-state index < -0.39 is 62.2 Å². The Labute approximate surface area is 236 Å². The van der Waals surface area contributed by atoms with E-state index in [0.29, 0.717) is 5.52 Å². The van der Waals surface area contributed by atoms with Crippen molar-refractivity contribution in [1.82, 2.24) is 24.8 Å². The van der Waals surface area contributed by atoms with Gasteiger partial charge in [-0.05, 0) is 31.9 Å². The Morgan fingerprint density at radius 1 is 1.27 bits per heavy atom. The zero-order valence-corrected chi connectivity index (χ0v) is 24.0. The topological polar surface area (TPSA) is 244 Å². The van der Waals surface area contributed by atoms with E-state index in [-0.39, 0.29) is 24.0 Å². The number of nitrogens with two attached hydrogens (primary N) is 1. The van der Waals surface area contributed by atoms with Gasteiger partial charge in [-0.25, -0.2) is 19.7 Å². The molecule has 2 aromatic rings. The fourth-order valence-corrected chi connectivity index (χ4v) is 6.07. The number of aliphatic carboxylic acids is 1. The second-order valence-electron chi connectivity index (χ2n) is 9.85. The summed E-state index contributed by atoms with van der Waals surface area (Å²) in [6.45, 7) is 5.71. The van der Waals surface area contributed by atoms with E-state index in [1.165, 1.54) is 30.8 Å². The summed E-state index contributed by atoms with van der Waals surface area (Å²) in [5.74, 6) is -1.85. The van der Waals surface area contributed by atoms with Crippen LogP contribution >= 0.6 is 7.67 Å². The molecule has 3 rings (SSSR count). The average Bonchev–Trinajstić information content (AvgIpc) is 3.48. The summed E-state index contributed by atoms with van der Waals surface area (Å²) >= 11 is 0. The van der Waals surface area contributed by atoms with Crippen LogP contribution in [-0.2, 0) is 28.2 Å². The van der Waals surface area contributed by atoms with E-state index in [2.05, 4.69) is 20.3 Å². The van der Waals surface area contributed by atoms with Gasteiger partial charge in [0, 0.05) is 0 Å². The lowest BCUT2D eigenvalue weighted by Crippen LogP contribution is -2.48. The fourth-order valence-electron chi connectivity index (χ4n) is 4.24. The molecule has 0 spiro atoms. The number of esters is 1. The van der Waals surface area contributed by atoms with Gasteiger partial charge in [-0.3, -0.25) is 14.2 Å². The number of nitrogens with one attached hydrogen (secondary N) is 2. The highest BCUT2D eigenvalue weighted by atomic mass is 31.2. The molecule has 7 N–H and O–H groups in total. The van der Waals surface area contributed by atoms with Gasteiger partial charge in [-0.1, -0.05) is 26.7 Å². The number of carboxylic acid groups (broad SMARTS) is 1. The number of nitriles is 1. The molecular formula is C24H36N7O9P. The first-order chi connectivity index (χ1) is 19.3. The van der Waals surface area contributed by atoms with E-state index in [1.807, 2.05) is 13.8 Å². The van der Waals surface area contributed by atoms with Crippen LogP contribution in [0.3, 0.4) is 0 Å². The van der Waals surface area contributed by atoms with E-state index in [1.54, 1.807) is 12.1 Å². The summed E-state index contributed by atoms with van der Waals surface area (Å²) < 4.78 is 31.7. The molecule has 0 saturated carbocycles. The highest BCUT2D eigenvalue weighted by Crippen LogP contribution is 2.45. The fraction of sp³-hybridized carbons (Fsp3) is 0.625. The van der Waals surface area contributed by atoms with Gasteiger partial charge in [0.05, 0.1) is 12.3 Å². The molecule has 3 heterocycles. The van der Waals surface area contributed by atoms with Crippen molar-refractivity contribution in [1.29, 1.82) is 5.26 Å². The Morgan fingerprint density at radius 2 is 1.93 bits per heavy atom. The van der Waals surface area contributed by atoms with Crippen LogP contribution in [-0.4, -0.2) is 85.0 Å². The zero-order chi connectivity index (χ0) is 30.5. The van der Waals surface area contributed by atoms with Crippen LogP contribution in [0.15, 0.2) is 18.5 Å². The molecule has 1 fully saturated rings. The molecule has 0 aromatic carbocycles. The van der Waals surface area contributed by atoms with Crippen LogP contribution in [0.4, 0.5) is 5.82 Å². The van der Waals surface area contributed by atoms with Crippen LogP contribution in [0.2, 0.25) is 0 Å². The third-order valence-corrected chi connectivity index (χ3v) is 8.92. The van der Waals surface area contributed by atoms with Crippen molar-refractivity contribution in [3.63, 3.8) is 0 Å². The monoisotopic (exact) mass is 597 g/mol. The Bertz CT molecular complexity index is 1330. The number of nitrogen functional groups attached to an aromatic ring is 1. The van der Waals surface area contributed by atoms with Crippen molar-refractivity contribution in [2.75, 3.05) is 18.9 Å². The average molecular weight is 598 g/mol. The summed E-state index contributed by atoms with van der Waals surface area (Å²) in [6.07, 6.45) is -2.04. The van der Waals surface area contributed by atoms with Crippen molar-refractivity contribution < 1.29 is 43.5 Å². The molecule has 0 radical (unpaired) electrons. The van der Waals surface area contributed by atoms with Gasteiger partial charge in [-0.15, -0.1) is 0 Å². The maximum Gasteiger partial charge on any atom is 0.342 e. The second-order valence-corrected chi connectivity index (χ2v) is 11.7. The summed E-state index contributed by atoms with van der Waals surface area (Å²) in [5.41, 5.74) is 4.24. The largest absolute Gasteiger partial charge is 0.480 e. The third-order valence-electron chi connectivity index (χ3n) is 6.97. The van der Waals surface area contributed by atoms with Gasteiger partial charge in [0.1, 0.15) is 54.9 Å². The first kappa shape index (κ1) is 32.4. The molecule has 226 valence electrons. The lowest BCUT2D eigenvalue weighted by atomic mass is 9.96. The van der Waals surface area contributed by atoms with Crippen LogP contribution < -0.4 is 15.9 Å². The van der Waals surface area contributed by atoms with Crippen molar-refractivity contribution >= 4 is 30.9 Å². The zero-order valence-electron chi connectivity index (χ0n) is 23.1. The van der Waals surface area contributed by atoms with E-state index >= 15 is 0 Å². The van der Waals surface area contributed by atoms with Crippen molar-refractivity contribution in [3.8, 4) is 6.07 Å². The maximum absolute atomic E-state index is 13.8. The highest BCUT2D eigenvalue weighted by Gasteiger charge is 2.57. The number of carbonyl (C=O) groups is 2. The van der Waals surface area contributed by atoms with Gasteiger partial charge in [0.15, 0.2) is 5.82 Å². The first-order valence-corrected chi connectivity index (χ1v) is 14.7. The molecule has 41 heavy (non-hydrogen) atoms. The highest BCUT2D eigenvalue weighted by molar-refractivity contribution is 7.54. The molecule has 1 aliphatic heterocycles. The lowest BCUT2D eigenvalue weighted by molar-refractivity contribution is -0.146. The molecule has 0 amide bonds. The minimum Gasteiger partial charge on any atom is -0.480 e. The number of rotatable bonds is 14. The predicted octanol–water partition coefficient (Wildman–Crippen LogP) is 0.512. The van der Waals surface area contributed by atoms with Crippen molar-refractivity contribution in [2.45, 2.75) is 76.5 Å². The Morgan fingerprint density at radius 3 is 2.54 bits per heavy atom. The van der Waals surface area contributed by atoms with Crippen molar-refractivity contribution in [3.05, 3.63) is 24.2 Å². The van der Waals surface area contributed by atoms with Crippen molar-refractivity contribution in [2.24, 2.45) is 5.92 Å². The maximum atomic E-state index is 13.8. The number of carboxylic acids is 1. The summed E-state index contributed by atoms with van der Waals surface area (Å²) in [6, 6.07) is 2.23. The minimum absolute atomic E-state index is 0.135. The third kappa shape index (κ3) is 7.02. The SMILES string of the molecule is CCC(CC)COC(=O)[C@H](C)NP(=O)(N[C@@H](C)C(=O)O)OC[C@@]1(C#N)O[C@@H](c2ccc3c(N)ncnn23)[C@H](O)[C@@H]1O. The Kier molecular flexibility index (Phi) is 10.4. The summed E-state index contributed by atoms with van der Waals surface area (Å²) in [7, 11) is -4.43. The van der Waals surface area contributed by atoms with Gasteiger partial charge in [0.25, 0.3) is 0 Å². The Hall–Kier alpha value is -3.16. The van der Waals surface area contributed by atoms with Gasteiger partial charge in [-0.2, -0.15) is 10.4 Å². The number of carbonyl (C=O) groups excluding carboxylic acids is 1. The van der Waals surface area contributed by atoms with E-state index in [0.717, 1.165) is 12.8 Å². The number of aliphatic hydroxyl groups excluding tert-OH is 2. The smallest absolute Gasteiger partial charge is 0.342 e. The normalized spacial score (nSPS) is 25.5. The summed E-state index contributed by atoms with van der Waals surface area (Å²) in [5, 5.41) is 49.9. The van der Waals surface area contributed by atoms with Crippen LogP contribution in [0.1, 0.15) is 52.3 Å². The molecule has 0 aliphatic carbocycles. The van der Waals surface area contributed by atoms with E-state index in [4.69, 9.17) is 19.7 Å². The quantitative estimate of drug-likeness (QED) is 0.128. The minimum atomic E-state index is -4.43. The molecule has 16 nitrogen and oxygen atoms in total. The molecule has 1 aliphatic rings. The molecule has 1 unspecified atom stereocenters. The van der Waals surface area contributed by atoms with Gasteiger partial charge < -0.3 is 35.1 Å². The number of fused-ring (bicyclic) bond motifs is 1. The predicted molar refractivity (Wildman–Crippen MR) is 143 cm³/mol. The molecular weight excluding hydrogens is 561 g/mol. The molecule has 2 aromatic heterocycles.